The molecule has 0 bridgehead atoms. The molecule has 6 heteroatoms. The zero-order valence-corrected chi connectivity index (χ0v) is 44.0. The second kappa shape index (κ2) is 55.9. The summed E-state index contributed by atoms with van der Waals surface area (Å²) in [6.45, 7) is 6.27. The largest absolute Gasteiger partial charge is 0.462 e. The van der Waals surface area contributed by atoms with E-state index >= 15 is 0 Å². The van der Waals surface area contributed by atoms with Gasteiger partial charge in [0.05, 0.1) is 0 Å². The third kappa shape index (κ3) is 54.1. The Balaban J connectivity index is 4.60. The first kappa shape index (κ1) is 64.3. The van der Waals surface area contributed by atoms with E-state index in [1.54, 1.807) is 0 Å². The number of carbonyl (C=O) groups excluding carboxylic acids is 3. The van der Waals surface area contributed by atoms with Crippen LogP contribution in [0.1, 0.15) is 213 Å². The van der Waals surface area contributed by atoms with E-state index in [2.05, 4.69) is 167 Å². The van der Waals surface area contributed by atoms with Gasteiger partial charge in [0, 0.05) is 19.3 Å². The Bertz CT molecular complexity index is 1560. The second-order valence-corrected chi connectivity index (χ2v) is 17.4. The minimum absolute atomic E-state index is 0.124. The lowest BCUT2D eigenvalue weighted by Gasteiger charge is -2.18. The average molecular weight is 951 g/mol. The third-order valence-corrected chi connectivity index (χ3v) is 10.8. The minimum Gasteiger partial charge on any atom is -0.462 e. The zero-order chi connectivity index (χ0) is 50.0. The fourth-order valence-electron chi connectivity index (χ4n) is 6.77. The normalized spacial score (nSPS) is 13.3. The Hall–Kier alpha value is -4.71. The van der Waals surface area contributed by atoms with Crippen LogP contribution in [0.25, 0.3) is 0 Å². The van der Waals surface area contributed by atoms with Gasteiger partial charge in [-0.25, -0.2) is 0 Å². The van der Waals surface area contributed by atoms with Crippen LogP contribution in [0.2, 0.25) is 0 Å². The predicted octanol–water partition coefficient (Wildman–Crippen LogP) is 18.4. The van der Waals surface area contributed by atoms with Gasteiger partial charge in [-0.15, -0.1) is 0 Å². The number of rotatable bonds is 47. The molecule has 1 atom stereocenters. The number of carbonyl (C=O) groups is 3. The van der Waals surface area contributed by atoms with Gasteiger partial charge in [0.15, 0.2) is 6.10 Å². The first-order valence-corrected chi connectivity index (χ1v) is 27.3. The summed E-state index contributed by atoms with van der Waals surface area (Å²) < 4.78 is 16.8. The summed E-state index contributed by atoms with van der Waals surface area (Å²) in [4.78, 5) is 38.1. The molecule has 0 rings (SSSR count). The van der Waals surface area contributed by atoms with Crippen molar-refractivity contribution in [3.63, 3.8) is 0 Å². The second-order valence-electron chi connectivity index (χ2n) is 17.4. The van der Waals surface area contributed by atoms with E-state index in [-0.39, 0.29) is 44.0 Å². The lowest BCUT2D eigenvalue weighted by atomic mass is 10.1. The molecule has 0 fully saturated rings. The molecule has 0 radical (unpaired) electrons. The van der Waals surface area contributed by atoms with Crippen molar-refractivity contribution in [1.29, 1.82) is 0 Å². The van der Waals surface area contributed by atoms with Crippen LogP contribution in [0.5, 0.6) is 0 Å². The third-order valence-electron chi connectivity index (χ3n) is 10.8. The van der Waals surface area contributed by atoms with E-state index in [1.807, 2.05) is 0 Å². The Morgan fingerprint density at radius 3 is 0.928 bits per heavy atom. The van der Waals surface area contributed by atoms with Crippen molar-refractivity contribution in [3.8, 4) is 0 Å². The van der Waals surface area contributed by atoms with Crippen LogP contribution < -0.4 is 0 Å². The number of unbranched alkanes of at least 4 members (excludes halogenated alkanes) is 12. The zero-order valence-electron chi connectivity index (χ0n) is 44.0. The Labute approximate surface area is 423 Å². The van der Waals surface area contributed by atoms with Crippen molar-refractivity contribution >= 4 is 17.9 Å². The highest BCUT2D eigenvalue weighted by atomic mass is 16.6. The summed E-state index contributed by atoms with van der Waals surface area (Å²) in [6, 6.07) is 0. The smallest absolute Gasteiger partial charge is 0.306 e. The van der Waals surface area contributed by atoms with Crippen molar-refractivity contribution in [2.75, 3.05) is 13.2 Å². The number of allylic oxidation sites excluding steroid dienone is 24. The van der Waals surface area contributed by atoms with Gasteiger partial charge >= 0.3 is 17.9 Å². The van der Waals surface area contributed by atoms with Crippen molar-refractivity contribution in [2.24, 2.45) is 0 Å². The molecule has 0 aliphatic heterocycles. The van der Waals surface area contributed by atoms with E-state index in [0.29, 0.717) is 12.8 Å². The number of esters is 3. The van der Waals surface area contributed by atoms with Crippen LogP contribution in [-0.4, -0.2) is 37.2 Å². The minimum atomic E-state index is -0.830. The van der Waals surface area contributed by atoms with E-state index in [0.717, 1.165) is 141 Å². The van der Waals surface area contributed by atoms with Crippen LogP contribution >= 0.6 is 0 Å². The predicted molar refractivity (Wildman–Crippen MR) is 297 cm³/mol. The molecule has 0 aromatic carbocycles. The molecule has 0 saturated heterocycles. The maximum Gasteiger partial charge on any atom is 0.306 e. The molecule has 0 amide bonds. The van der Waals surface area contributed by atoms with E-state index < -0.39 is 6.10 Å². The molecule has 0 unspecified atom stereocenters. The summed E-state index contributed by atoms with van der Waals surface area (Å²) in [5.74, 6) is -1.04. The quantitative estimate of drug-likeness (QED) is 0.0262. The van der Waals surface area contributed by atoms with Gasteiger partial charge in [0.25, 0.3) is 0 Å². The number of hydrogen-bond acceptors (Lipinski definition) is 6. The Morgan fingerprint density at radius 2 is 0.580 bits per heavy atom. The van der Waals surface area contributed by atoms with Gasteiger partial charge in [-0.05, 0) is 135 Å². The van der Waals surface area contributed by atoms with Gasteiger partial charge in [-0.2, -0.15) is 0 Å². The van der Waals surface area contributed by atoms with Gasteiger partial charge in [-0.1, -0.05) is 205 Å². The molecular formula is C63H98O6. The van der Waals surface area contributed by atoms with E-state index in [9.17, 15) is 14.4 Å². The molecule has 0 heterocycles. The molecule has 386 valence electrons. The standard InChI is InChI=1S/C63H98O6/c1-4-7-10-13-16-19-22-25-28-31-34-37-40-43-46-49-52-55-61(64)67-58-60(69-63(66)57-54-51-48-45-42-39-36-33-30-27-24-21-18-15-12-9-6-3)59-68-62(65)56-53-50-47-44-41-38-35-32-29-26-23-20-17-14-11-8-5-2/h7-8,10-11,16-21,25-30,34-39,43,46,60H,4-6,9,12-15,22-24,31-33,40-42,44-45,47-59H2,1-3H3/b10-7-,11-8-,19-16-,20-17-,21-18-,28-25-,29-26-,30-27-,37-34-,38-35-,39-36-,46-43-/t60-/m1/s1. The monoisotopic (exact) mass is 951 g/mol. The van der Waals surface area contributed by atoms with Crippen molar-refractivity contribution in [3.05, 3.63) is 146 Å². The molecule has 69 heavy (non-hydrogen) atoms. The van der Waals surface area contributed by atoms with E-state index in [1.165, 1.54) is 25.7 Å². The SMILES string of the molecule is CC/C=C\C/C=C\C/C=C\C/C=C\C/C=C\CCCC(=O)OC[C@H](COC(=O)CCCCCC/C=C\C/C=C\C/C=C\C/C=C\CC)OC(=O)CCCCCC/C=C\C/C=C\C/C=C\CCCCC. The molecule has 0 aromatic heterocycles. The van der Waals surface area contributed by atoms with Crippen LogP contribution in [0.3, 0.4) is 0 Å². The van der Waals surface area contributed by atoms with Crippen molar-refractivity contribution < 1.29 is 28.6 Å². The van der Waals surface area contributed by atoms with Gasteiger partial charge < -0.3 is 14.2 Å². The lowest BCUT2D eigenvalue weighted by molar-refractivity contribution is -0.167. The molecule has 0 aromatic rings. The lowest BCUT2D eigenvalue weighted by Crippen LogP contribution is -2.30. The fourth-order valence-corrected chi connectivity index (χ4v) is 6.77. The summed E-state index contributed by atoms with van der Waals surface area (Å²) in [7, 11) is 0. The van der Waals surface area contributed by atoms with Crippen LogP contribution in [0.15, 0.2) is 146 Å². The molecule has 0 aliphatic rings. The van der Waals surface area contributed by atoms with Crippen molar-refractivity contribution in [2.45, 2.75) is 219 Å². The average Bonchev–Trinajstić information content (AvgIpc) is 3.35. The maximum atomic E-state index is 12.8. The molecule has 0 aliphatic carbocycles. The highest BCUT2D eigenvalue weighted by molar-refractivity contribution is 5.71. The maximum absolute atomic E-state index is 12.8. The summed E-state index contributed by atoms with van der Waals surface area (Å²) in [6.07, 6.45) is 79.7. The summed E-state index contributed by atoms with van der Waals surface area (Å²) in [5.41, 5.74) is 0. The topological polar surface area (TPSA) is 78.9 Å². The number of ether oxygens (including phenoxy) is 3. The van der Waals surface area contributed by atoms with Crippen LogP contribution in [0, 0.1) is 0 Å². The first-order chi connectivity index (χ1) is 34.0. The molecule has 0 N–H and O–H groups in total. The molecule has 0 spiro atoms. The van der Waals surface area contributed by atoms with Gasteiger partial charge in [0.2, 0.25) is 0 Å². The fraction of sp³-hybridized carbons (Fsp3) is 0.571. The molecule has 6 nitrogen and oxygen atoms in total. The Kier molecular flexibility index (Phi) is 52.1. The number of hydrogen-bond donors (Lipinski definition) is 0. The summed E-state index contributed by atoms with van der Waals surface area (Å²) >= 11 is 0. The summed E-state index contributed by atoms with van der Waals surface area (Å²) in [5, 5.41) is 0. The molecular weight excluding hydrogens is 853 g/mol. The van der Waals surface area contributed by atoms with Crippen LogP contribution in [0.4, 0.5) is 0 Å². The van der Waals surface area contributed by atoms with Gasteiger partial charge in [-0.3, -0.25) is 14.4 Å². The highest BCUT2D eigenvalue weighted by Gasteiger charge is 2.19. The van der Waals surface area contributed by atoms with E-state index in [4.69, 9.17) is 14.2 Å². The van der Waals surface area contributed by atoms with Crippen molar-refractivity contribution in [1.82, 2.24) is 0 Å². The van der Waals surface area contributed by atoms with Crippen LogP contribution in [-0.2, 0) is 28.6 Å². The first-order valence-electron chi connectivity index (χ1n) is 27.3. The molecule has 0 saturated carbocycles. The Morgan fingerprint density at radius 1 is 0.304 bits per heavy atom. The van der Waals surface area contributed by atoms with Gasteiger partial charge in [0.1, 0.15) is 13.2 Å². The highest BCUT2D eigenvalue weighted by Crippen LogP contribution is 2.12.